The second kappa shape index (κ2) is 5.42. The van der Waals surface area contributed by atoms with Crippen molar-refractivity contribution in [3.63, 3.8) is 0 Å². The van der Waals surface area contributed by atoms with E-state index in [2.05, 4.69) is 10.3 Å². The first-order valence-corrected chi connectivity index (χ1v) is 5.95. The fraction of sp³-hybridized carbons (Fsp3) is 0.167. The highest BCUT2D eigenvalue weighted by atomic mass is 32.1. The van der Waals surface area contributed by atoms with Gasteiger partial charge in [0, 0.05) is 18.9 Å². The molecule has 2 aromatic rings. The van der Waals surface area contributed by atoms with Gasteiger partial charge in [0.2, 0.25) is 0 Å². The van der Waals surface area contributed by atoms with E-state index in [-0.39, 0.29) is 5.91 Å². The van der Waals surface area contributed by atoms with E-state index in [1.54, 1.807) is 12.4 Å². The van der Waals surface area contributed by atoms with E-state index in [1.165, 1.54) is 16.9 Å². The minimum Gasteiger partial charge on any atom is -0.351 e. The van der Waals surface area contributed by atoms with E-state index < -0.39 is 0 Å². The maximum atomic E-state index is 11.6. The van der Waals surface area contributed by atoms with Gasteiger partial charge in [-0.25, -0.2) is 0 Å². The number of amides is 1. The van der Waals surface area contributed by atoms with Crippen LogP contribution >= 0.6 is 11.3 Å². The lowest BCUT2D eigenvalue weighted by Gasteiger charge is -2.03. The molecule has 16 heavy (non-hydrogen) atoms. The highest BCUT2D eigenvalue weighted by Crippen LogP contribution is 2.07. The maximum absolute atomic E-state index is 11.6. The molecule has 1 N–H and O–H groups in total. The number of aromatic nitrogens is 1. The van der Waals surface area contributed by atoms with Crippen molar-refractivity contribution in [2.24, 2.45) is 0 Å². The monoisotopic (exact) mass is 232 g/mol. The number of carbonyl (C=O) groups is 1. The minimum atomic E-state index is 0.00376. The molecule has 0 aromatic carbocycles. The molecule has 0 radical (unpaired) electrons. The summed E-state index contributed by atoms with van der Waals surface area (Å²) >= 11 is 1.46. The highest BCUT2D eigenvalue weighted by molar-refractivity contribution is 7.12. The summed E-state index contributed by atoms with van der Waals surface area (Å²) in [5.41, 5.74) is 1.18. The lowest BCUT2D eigenvalue weighted by Crippen LogP contribution is -2.24. The summed E-state index contributed by atoms with van der Waals surface area (Å²) < 4.78 is 0. The molecular weight excluding hydrogens is 220 g/mol. The Balaban J connectivity index is 1.79. The third-order valence-electron chi connectivity index (χ3n) is 2.19. The Morgan fingerprint density at radius 3 is 2.81 bits per heavy atom. The fourth-order valence-corrected chi connectivity index (χ4v) is 2.00. The molecule has 1 amide bonds. The molecule has 0 aliphatic carbocycles. The Morgan fingerprint density at radius 1 is 1.31 bits per heavy atom. The van der Waals surface area contributed by atoms with Gasteiger partial charge >= 0.3 is 0 Å². The summed E-state index contributed by atoms with van der Waals surface area (Å²) in [6, 6.07) is 7.61. The van der Waals surface area contributed by atoms with Crippen LogP contribution in [0.1, 0.15) is 15.2 Å². The van der Waals surface area contributed by atoms with Crippen LogP contribution < -0.4 is 5.32 Å². The molecule has 0 spiro atoms. The molecule has 4 heteroatoms. The predicted octanol–water partition coefficient (Wildman–Crippen LogP) is 2.12. The molecule has 2 heterocycles. The highest BCUT2D eigenvalue weighted by Gasteiger charge is 2.04. The van der Waals surface area contributed by atoms with E-state index in [9.17, 15) is 4.79 Å². The third kappa shape index (κ3) is 2.90. The van der Waals surface area contributed by atoms with Crippen LogP contribution in [0.25, 0.3) is 0 Å². The van der Waals surface area contributed by atoms with Gasteiger partial charge in [0.25, 0.3) is 5.91 Å². The molecule has 0 unspecified atom stereocenters. The van der Waals surface area contributed by atoms with Crippen LogP contribution in [-0.4, -0.2) is 17.4 Å². The summed E-state index contributed by atoms with van der Waals surface area (Å²) in [5, 5.41) is 4.79. The normalized spacial score (nSPS) is 10.0. The van der Waals surface area contributed by atoms with Crippen LogP contribution in [0.15, 0.2) is 42.0 Å². The number of hydrogen-bond acceptors (Lipinski definition) is 3. The van der Waals surface area contributed by atoms with E-state index in [1.807, 2.05) is 29.6 Å². The van der Waals surface area contributed by atoms with Crippen molar-refractivity contribution in [2.75, 3.05) is 6.54 Å². The summed E-state index contributed by atoms with van der Waals surface area (Å²) in [5.74, 6) is 0.00376. The van der Waals surface area contributed by atoms with E-state index in [4.69, 9.17) is 0 Å². The lowest BCUT2D eigenvalue weighted by molar-refractivity contribution is 0.0958. The topological polar surface area (TPSA) is 42.0 Å². The summed E-state index contributed by atoms with van der Waals surface area (Å²) in [6.07, 6.45) is 4.35. The third-order valence-corrected chi connectivity index (χ3v) is 3.06. The van der Waals surface area contributed by atoms with Crippen molar-refractivity contribution in [3.05, 3.63) is 52.5 Å². The first kappa shape index (κ1) is 10.8. The van der Waals surface area contributed by atoms with Gasteiger partial charge in [-0.15, -0.1) is 11.3 Å². The molecule has 3 nitrogen and oxygen atoms in total. The molecule has 0 fully saturated rings. The zero-order valence-electron chi connectivity index (χ0n) is 8.72. The minimum absolute atomic E-state index is 0.00376. The van der Waals surface area contributed by atoms with Crippen LogP contribution in [0.5, 0.6) is 0 Å². The van der Waals surface area contributed by atoms with Crippen molar-refractivity contribution in [1.82, 2.24) is 10.3 Å². The van der Waals surface area contributed by atoms with Gasteiger partial charge in [-0.3, -0.25) is 9.78 Å². The lowest BCUT2D eigenvalue weighted by atomic mass is 10.2. The molecule has 0 atom stereocenters. The van der Waals surface area contributed by atoms with Crippen molar-refractivity contribution < 1.29 is 4.79 Å². The van der Waals surface area contributed by atoms with Gasteiger partial charge in [-0.2, -0.15) is 0 Å². The average molecular weight is 232 g/mol. The van der Waals surface area contributed by atoms with Crippen LogP contribution in [0, 0.1) is 0 Å². The molecule has 0 saturated carbocycles. The predicted molar refractivity (Wildman–Crippen MR) is 64.6 cm³/mol. The smallest absolute Gasteiger partial charge is 0.261 e. The maximum Gasteiger partial charge on any atom is 0.261 e. The average Bonchev–Trinajstić information content (AvgIpc) is 2.84. The zero-order chi connectivity index (χ0) is 11.2. The molecular formula is C12H12N2OS. The Labute approximate surface area is 98.2 Å². The van der Waals surface area contributed by atoms with Crippen molar-refractivity contribution in [3.8, 4) is 0 Å². The quantitative estimate of drug-likeness (QED) is 0.877. The Kier molecular flexibility index (Phi) is 3.66. The van der Waals surface area contributed by atoms with Crippen LogP contribution in [0.2, 0.25) is 0 Å². The van der Waals surface area contributed by atoms with Gasteiger partial charge in [-0.1, -0.05) is 6.07 Å². The number of rotatable bonds is 4. The second-order valence-electron chi connectivity index (χ2n) is 3.34. The number of nitrogens with zero attached hydrogens (tertiary/aromatic N) is 1. The van der Waals surface area contributed by atoms with Gasteiger partial charge in [0.15, 0.2) is 0 Å². The van der Waals surface area contributed by atoms with Gasteiger partial charge < -0.3 is 5.32 Å². The Bertz CT molecular complexity index is 439. The molecule has 0 saturated heterocycles. The van der Waals surface area contributed by atoms with Gasteiger partial charge in [-0.05, 0) is 35.6 Å². The summed E-state index contributed by atoms with van der Waals surface area (Å²) in [7, 11) is 0. The first-order chi connectivity index (χ1) is 7.86. The van der Waals surface area contributed by atoms with Gasteiger partial charge in [0.05, 0.1) is 4.88 Å². The van der Waals surface area contributed by atoms with Crippen molar-refractivity contribution in [2.45, 2.75) is 6.42 Å². The summed E-state index contributed by atoms with van der Waals surface area (Å²) in [6.45, 7) is 0.654. The van der Waals surface area contributed by atoms with Crippen molar-refractivity contribution in [1.29, 1.82) is 0 Å². The number of nitrogens with one attached hydrogen (secondary N) is 1. The van der Waals surface area contributed by atoms with E-state index in [0.29, 0.717) is 6.54 Å². The van der Waals surface area contributed by atoms with Crippen molar-refractivity contribution >= 4 is 17.2 Å². The molecule has 2 aromatic heterocycles. The fourth-order valence-electron chi connectivity index (χ4n) is 1.36. The number of thiophene rings is 1. The molecule has 82 valence electrons. The number of pyridine rings is 1. The van der Waals surface area contributed by atoms with Crippen LogP contribution in [0.3, 0.4) is 0 Å². The number of carbonyl (C=O) groups excluding carboxylic acids is 1. The largest absolute Gasteiger partial charge is 0.351 e. The molecule has 0 bridgehead atoms. The van der Waals surface area contributed by atoms with Crippen LogP contribution in [-0.2, 0) is 6.42 Å². The summed E-state index contributed by atoms with van der Waals surface area (Å²) in [4.78, 5) is 16.3. The standard InChI is InChI=1S/C12H12N2OS/c15-12(11-2-1-9-16-11)14-8-5-10-3-6-13-7-4-10/h1-4,6-7,9H,5,8H2,(H,14,15). The second-order valence-corrected chi connectivity index (χ2v) is 4.29. The van der Waals surface area contributed by atoms with E-state index >= 15 is 0 Å². The number of hydrogen-bond donors (Lipinski definition) is 1. The Morgan fingerprint density at radius 2 is 2.12 bits per heavy atom. The SMILES string of the molecule is O=C(NCCc1ccncc1)c1cccs1. The Hall–Kier alpha value is -1.68. The molecule has 0 aliphatic rings. The van der Waals surface area contributed by atoms with Gasteiger partial charge in [0.1, 0.15) is 0 Å². The first-order valence-electron chi connectivity index (χ1n) is 5.07. The van der Waals surface area contributed by atoms with E-state index in [0.717, 1.165) is 11.3 Å². The zero-order valence-corrected chi connectivity index (χ0v) is 9.54. The van der Waals surface area contributed by atoms with Crippen LogP contribution in [0.4, 0.5) is 0 Å². The molecule has 0 aliphatic heterocycles. The molecule has 2 rings (SSSR count).